The number of hydrogen-bond acceptors (Lipinski definition) is 4. The quantitative estimate of drug-likeness (QED) is 0.660. The molecule has 2 N–H and O–H groups in total. The minimum atomic E-state index is -5.03. The number of nitrogens with one attached hydrogen (secondary N) is 1. The van der Waals surface area contributed by atoms with Crippen LogP contribution in [0.25, 0.3) is 0 Å². The van der Waals surface area contributed by atoms with Crippen molar-refractivity contribution >= 4 is 17.3 Å². The Morgan fingerprint density at radius 1 is 1.43 bits per heavy atom. The second-order valence-corrected chi connectivity index (χ2v) is 4.54. The number of nitro groups is 1. The molecule has 116 valence electrons. The van der Waals surface area contributed by atoms with E-state index in [4.69, 9.17) is 5.11 Å². The van der Waals surface area contributed by atoms with Crippen LogP contribution in [-0.4, -0.2) is 15.9 Å². The summed E-state index contributed by atoms with van der Waals surface area (Å²) in [7, 11) is 0. The number of carbonyl (C=O) groups is 1. The molecule has 0 aromatic heterocycles. The van der Waals surface area contributed by atoms with Gasteiger partial charge in [-0.2, -0.15) is 13.2 Å². The summed E-state index contributed by atoms with van der Waals surface area (Å²) in [6.45, 7) is 1.97. The van der Waals surface area contributed by atoms with E-state index in [1.165, 1.54) is 13.8 Å². The van der Waals surface area contributed by atoms with Crippen molar-refractivity contribution in [3.63, 3.8) is 0 Å². The van der Waals surface area contributed by atoms with Gasteiger partial charge in [-0.15, -0.1) is 0 Å². The van der Waals surface area contributed by atoms with Gasteiger partial charge in [0, 0.05) is 23.2 Å². The molecule has 21 heavy (non-hydrogen) atoms. The smallest absolute Gasteiger partial charge is 0.392 e. The molecule has 6 nitrogen and oxygen atoms in total. The molecule has 0 spiro atoms. The number of aliphatic hydroxyl groups excluding tert-OH is 1. The Labute approximate surface area is 117 Å². The van der Waals surface area contributed by atoms with Gasteiger partial charge in [-0.05, 0) is 6.07 Å². The van der Waals surface area contributed by atoms with E-state index in [0.717, 1.165) is 6.07 Å². The number of anilines is 1. The Morgan fingerprint density at radius 2 is 2.00 bits per heavy atom. The normalized spacial score (nSPS) is 11.6. The van der Waals surface area contributed by atoms with Crippen LogP contribution in [-0.2, 0) is 17.6 Å². The highest BCUT2D eigenvalue weighted by Gasteiger charge is 2.41. The number of amides is 1. The minimum absolute atomic E-state index is 0.297. The van der Waals surface area contributed by atoms with E-state index in [0.29, 0.717) is 6.07 Å². The van der Waals surface area contributed by atoms with Gasteiger partial charge in [0.2, 0.25) is 5.91 Å². The highest BCUT2D eigenvalue weighted by Crippen LogP contribution is 2.41. The summed E-state index contributed by atoms with van der Waals surface area (Å²) >= 11 is 0. The summed E-state index contributed by atoms with van der Waals surface area (Å²) in [4.78, 5) is 21.1. The molecular weight excluding hydrogens is 293 g/mol. The molecule has 0 radical (unpaired) electrons. The third-order valence-corrected chi connectivity index (χ3v) is 2.71. The largest absolute Gasteiger partial charge is 0.423 e. The predicted octanol–water partition coefficient (Wildman–Crippen LogP) is 2.70. The lowest BCUT2D eigenvalue weighted by molar-refractivity contribution is -0.388. The second-order valence-electron chi connectivity index (χ2n) is 4.54. The van der Waals surface area contributed by atoms with Gasteiger partial charge in [0.05, 0.1) is 11.5 Å². The molecule has 0 saturated carbocycles. The predicted molar refractivity (Wildman–Crippen MR) is 67.5 cm³/mol. The lowest BCUT2D eigenvalue weighted by Crippen LogP contribution is -2.21. The number of nitrogens with zero attached hydrogens (tertiary/aromatic N) is 1. The van der Waals surface area contributed by atoms with Crippen molar-refractivity contribution in [2.24, 2.45) is 5.92 Å². The molecule has 0 aliphatic carbocycles. The molecule has 0 saturated heterocycles. The fourth-order valence-electron chi connectivity index (χ4n) is 1.66. The molecule has 0 fully saturated rings. The summed E-state index contributed by atoms with van der Waals surface area (Å²) in [5, 5.41) is 22.1. The number of nitro benzene ring substituents is 1. The van der Waals surface area contributed by atoms with Crippen molar-refractivity contribution in [2.45, 2.75) is 26.6 Å². The SMILES string of the molecule is CC(C)C(=O)Nc1ccc([N+](=O)[O-])c(C(F)(F)F)c1CO. The van der Waals surface area contributed by atoms with Crippen LogP contribution < -0.4 is 5.32 Å². The summed E-state index contributed by atoms with van der Waals surface area (Å²) in [6.07, 6.45) is -5.03. The summed E-state index contributed by atoms with van der Waals surface area (Å²) in [5.41, 5.74) is -3.76. The molecule has 0 unspecified atom stereocenters. The maximum absolute atomic E-state index is 13.0. The van der Waals surface area contributed by atoms with E-state index in [1.54, 1.807) is 0 Å². The van der Waals surface area contributed by atoms with Crippen LogP contribution in [0.5, 0.6) is 0 Å². The first-order valence-electron chi connectivity index (χ1n) is 5.88. The Hall–Kier alpha value is -2.16. The van der Waals surface area contributed by atoms with Crippen LogP contribution in [0.4, 0.5) is 24.5 Å². The highest BCUT2D eigenvalue weighted by molar-refractivity contribution is 5.93. The van der Waals surface area contributed by atoms with Crippen LogP contribution in [0.15, 0.2) is 12.1 Å². The van der Waals surface area contributed by atoms with Crippen molar-refractivity contribution in [3.05, 3.63) is 33.4 Å². The van der Waals surface area contributed by atoms with E-state index in [9.17, 15) is 28.1 Å². The van der Waals surface area contributed by atoms with Gasteiger partial charge in [0.15, 0.2) is 0 Å². The van der Waals surface area contributed by atoms with Crippen LogP contribution in [0.3, 0.4) is 0 Å². The number of alkyl halides is 3. The standard InChI is InChI=1S/C12H13F3N2O4/c1-6(2)11(19)16-8-3-4-9(17(20)21)10(7(8)5-18)12(13,14)15/h3-4,6,18H,5H2,1-2H3,(H,16,19). The molecule has 0 aliphatic heterocycles. The monoisotopic (exact) mass is 306 g/mol. The number of hydrogen-bond donors (Lipinski definition) is 2. The zero-order valence-corrected chi connectivity index (χ0v) is 11.2. The summed E-state index contributed by atoms with van der Waals surface area (Å²) in [5.74, 6) is -1.06. The average molecular weight is 306 g/mol. The number of benzene rings is 1. The summed E-state index contributed by atoms with van der Waals surface area (Å²) < 4.78 is 39.0. The van der Waals surface area contributed by atoms with Gasteiger partial charge in [-0.3, -0.25) is 14.9 Å². The zero-order valence-electron chi connectivity index (χ0n) is 11.2. The first-order valence-corrected chi connectivity index (χ1v) is 5.88. The maximum atomic E-state index is 13.0. The van der Waals surface area contributed by atoms with Gasteiger partial charge in [0.25, 0.3) is 5.69 Å². The molecule has 1 aromatic rings. The number of carbonyl (C=O) groups excluding carboxylic acids is 1. The van der Waals surface area contributed by atoms with Crippen LogP contribution in [0.1, 0.15) is 25.0 Å². The molecule has 0 aliphatic rings. The second kappa shape index (κ2) is 6.08. The van der Waals surface area contributed by atoms with E-state index < -0.39 is 46.3 Å². The average Bonchev–Trinajstić information content (AvgIpc) is 2.36. The molecule has 1 aromatic carbocycles. The van der Waals surface area contributed by atoms with Crippen molar-refractivity contribution in [1.29, 1.82) is 0 Å². The number of rotatable bonds is 4. The molecule has 1 amide bonds. The lowest BCUT2D eigenvalue weighted by Gasteiger charge is -2.17. The first-order chi connectivity index (χ1) is 9.59. The van der Waals surface area contributed by atoms with E-state index in [1.807, 2.05) is 0 Å². The molecule has 0 bridgehead atoms. The highest BCUT2D eigenvalue weighted by atomic mass is 19.4. The topological polar surface area (TPSA) is 92.5 Å². The number of aliphatic hydroxyl groups is 1. The van der Waals surface area contributed by atoms with Gasteiger partial charge in [-0.25, -0.2) is 0 Å². The molecule has 0 atom stereocenters. The van der Waals surface area contributed by atoms with Crippen molar-refractivity contribution in [3.8, 4) is 0 Å². The third kappa shape index (κ3) is 3.69. The molecular formula is C12H13F3N2O4. The van der Waals surface area contributed by atoms with Gasteiger partial charge >= 0.3 is 6.18 Å². The first kappa shape index (κ1) is 16.9. The number of halogens is 3. The van der Waals surface area contributed by atoms with Crippen LogP contribution >= 0.6 is 0 Å². The van der Waals surface area contributed by atoms with Crippen molar-refractivity contribution in [1.82, 2.24) is 0 Å². The fraction of sp³-hybridized carbons (Fsp3) is 0.417. The lowest BCUT2D eigenvalue weighted by atomic mass is 10.0. The van der Waals surface area contributed by atoms with Gasteiger partial charge in [0.1, 0.15) is 5.56 Å². The van der Waals surface area contributed by atoms with Gasteiger partial charge < -0.3 is 10.4 Å². The Balaban J connectivity index is 3.50. The summed E-state index contributed by atoms with van der Waals surface area (Å²) in [6, 6.07) is 1.62. The van der Waals surface area contributed by atoms with Gasteiger partial charge in [-0.1, -0.05) is 13.8 Å². The molecule has 1 rings (SSSR count). The Bertz CT molecular complexity index is 570. The van der Waals surface area contributed by atoms with Crippen molar-refractivity contribution < 1.29 is 28.0 Å². The minimum Gasteiger partial charge on any atom is -0.392 e. The molecule has 9 heteroatoms. The van der Waals surface area contributed by atoms with E-state index in [-0.39, 0.29) is 5.69 Å². The van der Waals surface area contributed by atoms with Crippen molar-refractivity contribution in [2.75, 3.05) is 5.32 Å². The fourth-order valence-corrected chi connectivity index (χ4v) is 1.66. The molecule has 0 heterocycles. The Morgan fingerprint density at radius 3 is 2.38 bits per heavy atom. The van der Waals surface area contributed by atoms with Crippen LogP contribution in [0.2, 0.25) is 0 Å². The van der Waals surface area contributed by atoms with Crippen LogP contribution in [0, 0.1) is 16.0 Å². The van der Waals surface area contributed by atoms with E-state index in [2.05, 4.69) is 5.32 Å². The third-order valence-electron chi connectivity index (χ3n) is 2.71. The van der Waals surface area contributed by atoms with E-state index >= 15 is 0 Å². The Kier molecular flexibility index (Phi) is 4.89. The maximum Gasteiger partial charge on any atom is 0.423 e. The zero-order chi connectivity index (χ0) is 16.4.